The molecule has 1 radical (unpaired) electrons. The third-order valence-electron chi connectivity index (χ3n) is 6.61. The van der Waals surface area contributed by atoms with Crippen molar-refractivity contribution in [3.63, 3.8) is 0 Å². The Labute approximate surface area is 242 Å². The standard InChI is InChI=1S/C25H26N2.C8H12.ClH.Rh/c1-16-11-18(3)24(19(4)12-16)26-15-27(23-10-8-7-9-22(23)26)25-20(5)13-17(2)14-21(25)6;1-2-4-6-8-7-5-3-1;;/h7-14H,1-6H3;1-2,7-8H,3-6H2;1H;/p-1/b;2-1-,8-7-;;. The second-order valence-corrected chi connectivity index (χ2v) is 9.85. The van der Waals surface area contributed by atoms with Crippen LogP contribution in [0.1, 0.15) is 59.1 Å². The molecule has 4 aromatic rings. The molecule has 3 aromatic carbocycles. The molecule has 1 aromatic heterocycles. The van der Waals surface area contributed by atoms with Gasteiger partial charge in [-0.3, -0.25) is 9.13 Å². The number of benzene rings is 3. The van der Waals surface area contributed by atoms with E-state index >= 15 is 0 Å². The molecule has 0 unspecified atom stereocenters. The molecule has 0 bridgehead atoms. The van der Waals surface area contributed by atoms with Crippen molar-refractivity contribution >= 4 is 11.0 Å². The second-order valence-electron chi connectivity index (χ2n) is 9.85. The minimum absolute atomic E-state index is 0. The van der Waals surface area contributed by atoms with Crippen molar-refractivity contribution in [3.05, 3.63) is 113 Å². The van der Waals surface area contributed by atoms with Gasteiger partial charge in [-0.1, -0.05) is 84.0 Å². The maximum atomic E-state index is 3.66. The zero-order valence-electron chi connectivity index (χ0n) is 22.9. The van der Waals surface area contributed by atoms with Crippen LogP contribution in [0.4, 0.5) is 0 Å². The van der Waals surface area contributed by atoms with Gasteiger partial charge in [0.05, 0.1) is 22.4 Å². The maximum absolute atomic E-state index is 3.66. The monoisotopic (exact) mass is 600 g/mol. The molecule has 0 atom stereocenters. The normalized spacial score (nSPS) is 14.3. The summed E-state index contributed by atoms with van der Waals surface area (Å²) in [5, 5.41) is 0. The average Bonchev–Trinajstić information content (AvgIpc) is 3.11. The fourth-order valence-electron chi connectivity index (χ4n) is 5.30. The van der Waals surface area contributed by atoms with E-state index in [-0.39, 0.29) is 31.9 Å². The van der Waals surface area contributed by atoms with Crippen LogP contribution in [0.3, 0.4) is 0 Å². The molecule has 0 saturated carbocycles. The van der Waals surface area contributed by atoms with Crippen LogP contribution in [0.25, 0.3) is 22.4 Å². The molecule has 4 heteroatoms. The number of aromatic nitrogens is 2. The van der Waals surface area contributed by atoms with Gasteiger partial charge in [0.15, 0.2) is 0 Å². The number of allylic oxidation sites excluding steroid dienone is 4. The van der Waals surface area contributed by atoms with Crippen molar-refractivity contribution in [2.24, 2.45) is 0 Å². The van der Waals surface area contributed by atoms with Crippen molar-refractivity contribution in [3.8, 4) is 11.4 Å². The van der Waals surface area contributed by atoms with Gasteiger partial charge in [0, 0.05) is 19.5 Å². The smallest absolute Gasteiger partial charge is 0.269 e. The molecule has 1 aliphatic carbocycles. The Balaban J connectivity index is 0.000000415. The topological polar surface area (TPSA) is 8.81 Å². The number of aryl methyl sites for hydroxylation is 6. The van der Waals surface area contributed by atoms with Gasteiger partial charge in [0.1, 0.15) is 0 Å². The van der Waals surface area contributed by atoms with Gasteiger partial charge in [0.2, 0.25) is 0 Å². The van der Waals surface area contributed by atoms with Crippen molar-refractivity contribution in [2.75, 3.05) is 0 Å². The van der Waals surface area contributed by atoms with Crippen LogP contribution in [0, 0.1) is 47.9 Å². The maximum Gasteiger partial charge on any atom is 0.269 e. The van der Waals surface area contributed by atoms with Crippen LogP contribution in [0.2, 0.25) is 0 Å². The number of nitrogens with zero attached hydrogens (tertiary/aromatic N) is 2. The Morgan fingerprint density at radius 1 is 0.649 bits per heavy atom. The van der Waals surface area contributed by atoms with Gasteiger partial charge in [-0.25, -0.2) is 0 Å². The number of halogens is 1. The Bertz CT molecular complexity index is 1250. The summed E-state index contributed by atoms with van der Waals surface area (Å²) in [6, 6.07) is 17.6. The Hall–Kier alpha value is -2.48. The number of hydrogen-bond donors (Lipinski definition) is 0. The van der Waals surface area contributed by atoms with Crippen LogP contribution >= 0.6 is 0 Å². The summed E-state index contributed by atoms with van der Waals surface area (Å²) in [5.41, 5.74) is 12.5. The van der Waals surface area contributed by atoms with Gasteiger partial charge in [-0.15, -0.1) is 0 Å². The van der Waals surface area contributed by atoms with Crippen molar-refractivity contribution < 1.29 is 36.5 Å². The molecule has 1 heterocycles. The first-order chi connectivity index (χ1) is 16.9. The molecule has 0 aliphatic heterocycles. The summed E-state index contributed by atoms with van der Waals surface area (Å²) in [6.07, 6.45) is 17.7. The van der Waals surface area contributed by atoms with Gasteiger partial charge >= 0.3 is 0 Å². The van der Waals surface area contributed by atoms with E-state index in [4.69, 9.17) is 0 Å². The predicted octanol–water partition coefficient (Wildman–Crippen LogP) is 5.23. The van der Waals surface area contributed by atoms with E-state index in [1.54, 1.807) is 0 Å². The molecule has 0 amide bonds. The molecule has 0 N–H and O–H groups in total. The summed E-state index contributed by atoms with van der Waals surface area (Å²) in [7, 11) is 0. The van der Waals surface area contributed by atoms with Gasteiger partial charge < -0.3 is 12.4 Å². The zero-order chi connectivity index (χ0) is 24.9. The first kappa shape index (κ1) is 30.7. The van der Waals surface area contributed by atoms with E-state index in [2.05, 4.69) is 130 Å². The second kappa shape index (κ2) is 13.9. The van der Waals surface area contributed by atoms with E-state index in [1.807, 2.05) is 0 Å². The molecule has 2 nitrogen and oxygen atoms in total. The Kier molecular flexibility index (Phi) is 11.5. The zero-order valence-corrected chi connectivity index (χ0v) is 25.3. The minimum Gasteiger partial charge on any atom is -1.00 e. The van der Waals surface area contributed by atoms with E-state index in [0.717, 1.165) is 0 Å². The van der Waals surface area contributed by atoms with E-state index in [9.17, 15) is 0 Å². The molecule has 0 saturated heterocycles. The summed E-state index contributed by atoms with van der Waals surface area (Å²) < 4.78 is 4.44. The van der Waals surface area contributed by atoms with Crippen molar-refractivity contribution in [1.29, 1.82) is 0 Å². The SMILES string of the molecule is C1=C\CC/C=C\CC/1.Cc1cc(C)c(-n2[c-][n+](-c3c(C)cc(C)cc3C)c3ccccc32)c(C)c1.[Cl-].[Rh]. The number of hydrogen-bond acceptors (Lipinski definition) is 0. The Morgan fingerprint density at radius 2 is 1.08 bits per heavy atom. The van der Waals surface area contributed by atoms with Gasteiger partial charge in [0.25, 0.3) is 6.33 Å². The van der Waals surface area contributed by atoms with Crippen LogP contribution in [-0.2, 0) is 19.5 Å². The van der Waals surface area contributed by atoms with Crippen LogP contribution < -0.4 is 17.0 Å². The molecular weight excluding hydrogens is 563 g/mol. The molecule has 5 rings (SSSR count). The largest absolute Gasteiger partial charge is 1.00 e. The first-order valence-electron chi connectivity index (χ1n) is 12.8. The number of imidazole rings is 1. The third kappa shape index (κ3) is 7.09. The van der Waals surface area contributed by atoms with E-state index in [1.165, 1.54) is 81.5 Å². The summed E-state index contributed by atoms with van der Waals surface area (Å²) >= 11 is 0. The summed E-state index contributed by atoms with van der Waals surface area (Å²) in [5.74, 6) is 0. The van der Waals surface area contributed by atoms with Crippen LogP contribution in [0.5, 0.6) is 0 Å². The van der Waals surface area contributed by atoms with Crippen LogP contribution in [0.15, 0.2) is 72.8 Å². The molecule has 197 valence electrons. The van der Waals surface area contributed by atoms with Gasteiger partial charge in [-0.05, 0) is 89.5 Å². The average molecular weight is 601 g/mol. The number of para-hydroxylation sites is 2. The fourth-order valence-corrected chi connectivity index (χ4v) is 5.30. The molecular formula is C33H38ClN2Rh-. The quantitative estimate of drug-likeness (QED) is 0.129. The minimum atomic E-state index is 0. The number of fused-ring (bicyclic) bond motifs is 1. The number of rotatable bonds is 2. The summed E-state index contributed by atoms with van der Waals surface area (Å²) in [6.45, 7) is 13.0. The van der Waals surface area contributed by atoms with Crippen molar-refractivity contribution in [1.82, 2.24) is 4.57 Å². The molecule has 1 aliphatic rings. The van der Waals surface area contributed by atoms with E-state index < -0.39 is 0 Å². The molecule has 37 heavy (non-hydrogen) atoms. The van der Waals surface area contributed by atoms with E-state index in [0.29, 0.717) is 0 Å². The first-order valence-corrected chi connectivity index (χ1v) is 12.8. The predicted molar refractivity (Wildman–Crippen MR) is 149 cm³/mol. The third-order valence-corrected chi connectivity index (χ3v) is 6.61. The molecule has 0 spiro atoms. The van der Waals surface area contributed by atoms with Crippen LogP contribution in [-0.4, -0.2) is 4.57 Å². The summed E-state index contributed by atoms with van der Waals surface area (Å²) in [4.78, 5) is 0. The fraction of sp³-hybridized carbons (Fsp3) is 0.303. The van der Waals surface area contributed by atoms with Gasteiger partial charge in [-0.2, -0.15) is 0 Å². The molecule has 0 fully saturated rings. The Morgan fingerprint density at radius 3 is 1.57 bits per heavy atom. The van der Waals surface area contributed by atoms with Crippen molar-refractivity contribution in [2.45, 2.75) is 67.2 Å².